The van der Waals surface area contributed by atoms with Crippen molar-refractivity contribution in [1.82, 2.24) is 10.6 Å². The van der Waals surface area contributed by atoms with Gasteiger partial charge in [-0.25, -0.2) is 4.39 Å². The highest BCUT2D eigenvalue weighted by atomic mass is 35.5. The van der Waals surface area contributed by atoms with Gasteiger partial charge in [-0.3, -0.25) is 4.79 Å². The van der Waals surface area contributed by atoms with E-state index in [1.165, 1.54) is 12.1 Å². The summed E-state index contributed by atoms with van der Waals surface area (Å²) in [4.78, 5) is 12.8. The van der Waals surface area contributed by atoms with Gasteiger partial charge >= 0.3 is 0 Å². The molecule has 23 heavy (non-hydrogen) atoms. The van der Waals surface area contributed by atoms with Crippen molar-refractivity contribution in [2.45, 2.75) is 38.1 Å². The minimum atomic E-state index is -0.613. The maximum absolute atomic E-state index is 13.2. The summed E-state index contributed by atoms with van der Waals surface area (Å²) in [6, 6.07) is 6.49. The first-order valence-electron chi connectivity index (χ1n) is 7.94. The molecule has 1 amide bonds. The number of carbonyl (C=O) groups is 1. The molecular weight excluding hydrogens is 319 g/mol. The number of likely N-dealkylation sites (N-methyl/N-ethyl adjacent to an activating group) is 1. The molecule has 1 fully saturated rings. The van der Waals surface area contributed by atoms with Gasteiger partial charge in [-0.15, -0.1) is 12.4 Å². The number of rotatable bonds is 6. The van der Waals surface area contributed by atoms with E-state index in [2.05, 4.69) is 10.6 Å². The SMILES string of the molecule is CCN[C@H](C)CNC(=O)C1(c2ccc(F)cc2)CCOCC1.Cl. The first-order chi connectivity index (χ1) is 10.6. The molecule has 1 aromatic carbocycles. The standard InChI is InChI=1S/C17H25FN2O2.ClH/c1-3-19-13(2)12-20-16(21)17(8-10-22-11-9-17)14-4-6-15(18)7-5-14;/h4-7,13,19H,3,8-12H2,1-2H3,(H,20,21);1H/t13-;/m1./s1. The molecule has 1 aliphatic rings. The fourth-order valence-electron chi connectivity index (χ4n) is 2.97. The zero-order valence-electron chi connectivity index (χ0n) is 13.7. The first kappa shape index (κ1) is 19.9. The number of benzene rings is 1. The van der Waals surface area contributed by atoms with Gasteiger partial charge in [-0.05, 0) is 44.0 Å². The van der Waals surface area contributed by atoms with E-state index in [4.69, 9.17) is 4.74 Å². The molecule has 0 aromatic heterocycles. The lowest BCUT2D eigenvalue weighted by molar-refractivity contribution is -0.130. The van der Waals surface area contributed by atoms with E-state index in [0.29, 0.717) is 32.6 Å². The van der Waals surface area contributed by atoms with Crippen molar-refractivity contribution in [2.24, 2.45) is 0 Å². The second-order valence-electron chi connectivity index (χ2n) is 5.87. The van der Waals surface area contributed by atoms with E-state index in [-0.39, 0.29) is 30.2 Å². The first-order valence-corrected chi connectivity index (χ1v) is 7.94. The maximum Gasteiger partial charge on any atom is 0.230 e. The molecule has 6 heteroatoms. The molecule has 0 unspecified atom stereocenters. The molecule has 0 aliphatic carbocycles. The lowest BCUT2D eigenvalue weighted by atomic mass is 9.73. The van der Waals surface area contributed by atoms with Crippen molar-refractivity contribution < 1.29 is 13.9 Å². The van der Waals surface area contributed by atoms with Gasteiger partial charge in [0.05, 0.1) is 5.41 Å². The third-order valence-corrected chi connectivity index (χ3v) is 4.30. The molecule has 4 nitrogen and oxygen atoms in total. The Hall–Kier alpha value is -1.17. The van der Waals surface area contributed by atoms with E-state index >= 15 is 0 Å². The lowest BCUT2D eigenvalue weighted by Gasteiger charge is -2.36. The summed E-state index contributed by atoms with van der Waals surface area (Å²) < 4.78 is 18.6. The average Bonchev–Trinajstić information content (AvgIpc) is 2.54. The highest BCUT2D eigenvalue weighted by Gasteiger charge is 2.41. The Morgan fingerprint density at radius 1 is 1.30 bits per heavy atom. The van der Waals surface area contributed by atoms with Crippen LogP contribution in [0, 0.1) is 5.82 Å². The van der Waals surface area contributed by atoms with Crippen molar-refractivity contribution in [2.75, 3.05) is 26.3 Å². The molecule has 130 valence electrons. The molecular formula is C17H26ClFN2O2. The van der Waals surface area contributed by atoms with Gasteiger partial charge in [0.2, 0.25) is 5.91 Å². The van der Waals surface area contributed by atoms with Crippen molar-refractivity contribution in [3.63, 3.8) is 0 Å². The minimum Gasteiger partial charge on any atom is -0.381 e. The number of nitrogens with one attached hydrogen (secondary N) is 2. The smallest absolute Gasteiger partial charge is 0.230 e. The van der Waals surface area contributed by atoms with Crippen molar-refractivity contribution in [3.8, 4) is 0 Å². The van der Waals surface area contributed by atoms with E-state index in [9.17, 15) is 9.18 Å². The van der Waals surface area contributed by atoms with Crippen LogP contribution in [0.4, 0.5) is 4.39 Å². The molecule has 1 saturated heterocycles. The predicted molar refractivity (Wildman–Crippen MR) is 91.5 cm³/mol. The van der Waals surface area contributed by atoms with Crippen LogP contribution in [-0.2, 0) is 14.9 Å². The van der Waals surface area contributed by atoms with Crippen LogP contribution in [0.5, 0.6) is 0 Å². The Morgan fingerprint density at radius 3 is 2.48 bits per heavy atom. The monoisotopic (exact) mass is 344 g/mol. The third kappa shape index (κ3) is 4.90. The Labute approximate surface area is 143 Å². The van der Waals surface area contributed by atoms with Crippen LogP contribution < -0.4 is 10.6 Å². The third-order valence-electron chi connectivity index (χ3n) is 4.30. The van der Waals surface area contributed by atoms with Crippen molar-refractivity contribution in [3.05, 3.63) is 35.6 Å². The highest BCUT2D eigenvalue weighted by Crippen LogP contribution is 2.35. The minimum absolute atomic E-state index is 0. The molecule has 1 aliphatic heterocycles. The summed E-state index contributed by atoms with van der Waals surface area (Å²) in [6.07, 6.45) is 1.25. The predicted octanol–water partition coefficient (Wildman–Crippen LogP) is 2.41. The molecule has 2 rings (SSSR count). The van der Waals surface area contributed by atoms with Crippen molar-refractivity contribution >= 4 is 18.3 Å². The Morgan fingerprint density at radius 2 is 1.91 bits per heavy atom. The topological polar surface area (TPSA) is 50.4 Å². The largest absolute Gasteiger partial charge is 0.381 e. The number of ether oxygens (including phenoxy) is 1. The zero-order chi connectivity index (χ0) is 16.0. The van der Waals surface area contributed by atoms with Gasteiger partial charge in [-0.1, -0.05) is 19.1 Å². The second kappa shape index (κ2) is 9.21. The number of halogens is 2. The number of amides is 1. The normalized spacial score (nSPS) is 17.9. The molecule has 1 aromatic rings. The van der Waals surface area contributed by atoms with Crippen LogP contribution in [0.1, 0.15) is 32.3 Å². The summed E-state index contributed by atoms with van der Waals surface area (Å²) in [6.45, 7) is 6.63. The van der Waals surface area contributed by atoms with Crippen LogP contribution in [0.3, 0.4) is 0 Å². The van der Waals surface area contributed by atoms with E-state index in [1.807, 2.05) is 13.8 Å². The molecule has 0 bridgehead atoms. The van der Waals surface area contributed by atoms with Crippen LogP contribution in [0.2, 0.25) is 0 Å². The molecule has 0 spiro atoms. The van der Waals surface area contributed by atoms with Gasteiger partial charge in [0, 0.05) is 25.8 Å². The fourth-order valence-corrected chi connectivity index (χ4v) is 2.97. The lowest BCUT2D eigenvalue weighted by Crippen LogP contribution is -2.50. The quantitative estimate of drug-likeness (QED) is 0.833. The molecule has 0 saturated carbocycles. The molecule has 0 radical (unpaired) electrons. The Kier molecular flexibility index (Phi) is 7.95. The summed E-state index contributed by atoms with van der Waals surface area (Å²) >= 11 is 0. The summed E-state index contributed by atoms with van der Waals surface area (Å²) in [5.41, 5.74) is 0.253. The van der Waals surface area contributed by atoms with E-state index in [0.717, 1.165) is 12.1 Å². The van der Waals surface area contributed by atoms with Crippen LogP contribution in [0.25, 0.3) is 0 Å². The van der Waals surface area contributed by atoms with Gasteiger partial charge in [-0.2, -0.15) is 0 Å². The zero-order valence-corrected chi connectivity index (χ0v) is 14.5. The molecule has 1 heterocycles. The van der Waals surface area contributed by atoms with Gasteiger partial charge in [0.25, 0.3) is 0 Å². The van der Waals surface area contributed by atoms with E-state index < -0.39 is 5.41 Å². The van der Waals surface area contributed by atoms with Gasteiger partial charge < -0.3 is 15.4 Å². The molecule has 2 N–H and O–H groups in total. The highest BCUT2D eigenvalue weighted by molar-refractivity contribution is 5.88. The van der Waals surface area contributed by atoms with Crippen LogP contribution in [-0.4, -0.2) is 38.3 Å². The van der Waals surface area contributed by atoms with Crippen LogP contribution in [0.15, 0.2) is 24.3 Å². The van der Waals surface area contributed by atoms with Crippen LogP contribution >= 0.6 is 12.4 Å². The summed E-state index contributed by atoms with van der Waals surface area (Å²) in [5, 5.41) is 6.31. The van der Waals surface area contributed by atoms with E-state index in [1.54, 1.807) is 12.1 Å². The fraction of sp³-hybridized carbons (Fsp3) is 0.588. The summed E-state index contributed by atoms with van der Waals surface area (Å²) in [5.74, 6) is -0.278. The Balaban J connectivity index is 0.00000264. The Bertz CT molecular complexity index is 490. The maximum atomic E-state index is 13.2. The second-order valence-corrected chi connectivity index (χ2v) is 5.87. The number of hydrogen-bond acceptors (Lipinski definition) is 3. The molecule has 1 atom stereocenters. The van der Waals surface area contributed by atoms with Crippen molar-refractivity contribution in [1.29, 1.82) is 0 Å². The number of hydrogen-bond donors (Lipinski definition) is 2. The average molecular weight is 345 g/mol. The summed E-state index contributed by atoms with van der Waals surface area (Å²) in [7, 11) is 0. The van der Waals surface area contributed by atoms with Gasteiger partial charge in [0.1, 0.15) is 5.82 Å². The number of carbonyl (C=O) groups excluding carboxylic acids is 1. The van der Waals surface area contributed by atoms with Gasteiger partial charge in [0.15, 0.2) is 0 Å².